The molecule has 2 aliphatic heterocycles. The number of aromatic nitrogens is 1. The van der Waals surface area contributed by atoms with Crippen LogP contribution in [-0.4, -0.2) is 70.4 Å². The number of nitrogens with one attached hydrogen (secondary N) is 3. The average molecular weight is 475 g/mol. The summed E-state index contributed by atoms with van der Waals surface area (Å²) < 4.78 is 0. The van der Waals surface area contributed by atoms with Gasteiger partial charge in [-0.05, 0) is 45.4 Å². The van der Waals surface area contributed by atoms with Gasteiger partial charge in [0, 0.05) is 56.4 Å². The molecule has 0 aliphatic carbocycles. The van der Waals surface area contributed by atoms with Crippen molar-refractivity contribution in [2.24, 2.45) is 9.98 Å². The van der Waals surface area contributed by atoms with E-state index < -0.39 is 0 Å². The van der Waals surface area contributed by atoms with Crippen LogP contribution in [0.25, 0.3) is 10.9 Å². The Morgan fingerprint density at radius 2 is 1.77 bits per heavy atom. The van der Waals surface area contributed by atoms with Crippen LogP contribution in [0.1, 0.15) is 46.2 Å². The molecular weight excluding hydrogens is 440 g/mol. The Labute approximate surface area is 206 Å². The molecule has 9 heteroatoms. The number of carbonyl (C=O) groups excluding carboxylic acids is 1. The van der Waals surface area contributed by atoms with E-state index >= 15 is 0 Å². The number of fused-ring (bicyclic) bond motifs is 1. The molecule has 3 heterocycles. The van der Waals surface area contributed by atoms with Crippen LogP contribution < -0.4 is 10.6 Å². The molecule has 0 bridgehead atoms. The quantitative estimate of drug-likeness (QED) is 0.631. The van der Waals surface area contributed by atoms with Crippen molar-refractivity contribution in [1.82, 2.24) is 25.4 Å². The Morgan fingerprint density at radius 1 is 1.06 bits per heavy atom. The number of hydrogen-bond donors (Lipinski definition) is 3. The molecular formula is C26H34N8O. The second-order valence-corrected chi connectivity index (χ2v) is 9.34. The normalized spacial score (nSPS) is 18.9. The van der Waals surface area contributed by atoms with Crippen LogP contribution in [0, 0.1) is 5.41 Å². The molecule has 1 unspecified atom stereocenters. The summed E-state index contributed by atoms with van der Waals surface area (Å²) in [6.07, 6.45) is 1.87. The SMILES string of the molecule is CC(=O)N1CCN(C2=N/C(=C(\C)NC(C)C)C(=N)C(NC(C)c3cnc4ccccc4c3)=N2)CC1. The van der Waals surface area contributed by atoms with Gasteiger partial charge in [-0.15, -0.1) is 0 Å². The highest BCUT2D eigenvalue weighted by molar-refractivity contribution is 6.49. The lowest BCUT2D eigenvalue weighted by Gasteiger charge is -2.36. The van der Waals surface area contributed by atoms with Gasteiger partial charge in [-0.3, -0.25) is 15.2 Å². The number of para-hydroxylation sites is 1. The highest BCUT2D eigenvalue weighted by atomic mass is 16.2. The molecule has 2 aromatic rings. The highest BCUT2D eigenvalue weighted by Gasteiger charge is 2.28. The van der Waals surface area contributed by atoms with Gasteiger partial charge < -0.3 is 20.4 Å². The van der Waals surface area contributed by atoms with Crippen molar-refractivity contribution in [3.8, 4) is 0 Å². The number of nitrogens with zero attached hydrogens (tertiary/aromatic N) is 5. The van der Waals surface area contributed by atoms with Crippen molar-refractivity contribution in [2.75, 3.05) is 26.2 Å². The standard InChI is InChI=1S/C26H34N8O/c1-16(2)29-18(4)24-23(27)25(32-26(31-24)34-12-10-33(11-13-34)19(5)35)30-17(3)21-14-20-8-6-7-9-22(20)28-15-21/h6-9,14-17,27,29H,10-13H2,1-5H3,(H,30,31,32)/b24-18+,27-23?. The zero-order valence-corrected chi connectivity index (χ0v) is 21.1. The Bertz CT molecular complexity index is 1220. The Balaban J connectivity index is 1.62. The minimum absolute atomic E-state index is 0.0817. The number of carbonyl (C=O) groups is 1. The molecule has 2 aliphatic rings. The predicted octanol–water partition coefficient (Wildman–Crippen LogP) is 3.07. The molecule has 0 saturated carbocycles. The third-order valence-electron chi connectivity index (χ3n) is 6.23. The Morgan fingerprint density at radius 3 is 2.46 bits per heavy atom. The van der Waals surface area contributed by atoms with Crippen molar-refractivity contribution >= 4 is 34.3 Å². The van der Waals surface area contributed by atoms with E-state index in [1.54, 1.807) is 6.92 Å². The minimum atomic E-state index is -0.111. The Hall–Kier alpha value is -3.75. The minimum Gasteiger partial charge on any atom is -0.385 e. The maximum absolute atomic E-state index is 11.7. The molecule has 35 heavy (non-hydrogen) atoms. The number of amides is 1. The van der Waals surface area contributed by atoms with E-state index in [0.29, 0.717) is 43.7 Å². The molecule has 0 radical (unpaired) electrons. The van der Waals surface area contributed by atoms with Crippen LogP contribution in [-0.2, 0) is 4.79 Å². The number of allylic oxidation sites excluding steroid dienone is 1. The number of amidine groups is 1. The summed E-state index contributed by atoms with van der Waals surface area (Å²) in [4.78, 5) is 29.8. The van der Waals surface area contributed by atoms with E-state index in [1.165, 1.54) is 0 Å². The van der Waals surface area contributed by atoms with Gasteiger partial charge in [0.1, 0.15) is 11.4 Å². The summed E-state index contributed by atoms with van der Waals surface area (Å²) in [7, 11) is 0. The molecule has 0 spiro atoms. The number of rotatable bonds is 4. The highest BCUT2D eigenvalue weighted by Crippen LogP contribution is 2.20. The van der Waals surface area contributed by atoms with E-state index in [0.717, 1.165) is 22.2 Å². The van der Waals surface area contributed by atoms with Crippen LogP contribution >= 0.6 is 0 Å². The number of aliphatic imine (C=N–C) groups is 2. The summed E-state index contributed by atoms with van der Waals surface area (Å²) in [5.41, 5.74) is 3.62. The van der Waals surface area contributed by atoms with Gasteiger partial charge >= 0.3 is 0 Å². The first-order valence-electron chi connectivity index (χ1n) is 12.1. The summed E-state index contributed by atoms with van der Waals surface area (Å²) >= 11 is 0. The number of guanidine groups is 1. The monoisotopic (exact) mass is 474 g/mol. The number of hydrogen-bond acceptors (Lipinski definition) is 8. The second kappa shape index (κ2) is 10.2. The first kappa shape index (κ1) is 24.4. The van der Waals surface area contributed by atoms with Crippen LogP contribution in [0.4, 0.5) is 0 Å². The topological polar surface area (TPSA) is 109 Å². The van der Waals surface area contributed by atoms with Gasteiger partial charge in [0.25, 0.3) is 0 Å². The molecule has 1 atom stereocenters. The number of piperazine rings is 1. The van der Waals surface area contributed by atoms with Crippen molar-refractivity contribution in [3.63, 3.8) is 0 Å². The van der Waals surface area contributed by atoms with Gasteiger partial charge in [-0.1, -0.05) is 18.2 Å². The van der Waals surface area contributed by atoms with Crippen molar-refractivity contribution < 1.29 is 4.79 Å². The summed E-state index contributed by atoms with van der Waals surface area (Å²) in [6.45, 7) is 12.3. The molecule has 4 rings (SSSR count). The number of pyridine rings is 1. The smallest absolute Gasteiger partial charge is 0.228 e. The average Bonchev–Trinajstić information content (AvgIpc) is 2.84. The molecule has 1 aromatic heterocycles. The fraction of sp³-hybridized carbons (Fsp3) is 0.423. The third kappa shape index (κ3) is 5.50. The molecule has 3 N–H and O–H groups in total. The molecule has 184 valence electrons. The van der Waals surface area contributed by atoms with Gasteiger partial charge in [0.15, 0.2) is 5.84 Å². The molecule has 1 amide bonds. The van der Waals surface area contributed by atoms with Gasteiger partial charge in [0.05, 0.1) is 11.6 Å². The first-order chi connectivity index (χ1) is 16.7. The summed E-state index contributed by atoms with van der Waals surface area (Å²) in [5.74, 6) is 1.12. The van der Waals surface area contributed by atoms with Crippen LogP contribution in [0.3, 0.4) is 0 Å². The lowest BCUT2D eigenvalue weighted by atomic mass is 10.1. The molecule has 1 fully saturated rings. The van der Waals surface area contributed by atoms with Gasteiger partial charge in [0.2, 0.25) is 11.9 Å². The molecule has 1 aromatic carbocycles. The van der Waals surface area contributed by atoms with E-state index in [4.69, 9.17) is 15.4 Å². The van der Waals surface area contributed by atoms with E-state index in [1.807, 2.05) is 49.2 Å². The lowest BCUT2D eigenvalue weighted by Crippen LogP contribution is -2.51. The fourth-order valence-corrected chi connectivity index (χ4v) is 4.30. The molecule has 9 nitrogen and oxygen atoms in total. The fourth-order valence-electron chi connectivity index (χ4n) is 4.30. The molecule has 1 saturated heterocycles. The largest absolute Gasteiger partial charge is 0.385 e. The van der Waals surface area contributed by atoms with Gasteiger partial charge in [-0.25, -0.2) is 4.99 Å². The third-order valence-corrected chi connectivity index (χ3v) is 6.23. The van der Waals surface area contributed by atoms with Crippen molar-refractivity contribution in [1.29, 1.82) is 5.41 Å². The summed E-state index contributed by atoms with van der Waals surface area (Å²) in [6, 6.07) is 10.2. The zero-order chi connectivity index (χ0) is 25.1. The van der Waals surface area contributed by atoms with E-state index in [9.17, 15) is 4.79 Å². The van der Waals surface area contributed by atoms with Gasteiger partial charge in [-0.2, -0.15) is 4.99 Å². The van der Waals surface area contributed by atoms with Crippen LogP contribution in [0.15, 0.2) is 57.9 Å². The first-order valence-corrected chi connectivity index (χ1v) is 12.1. The van der Waals surface area contributed by atoms with Crippen molar-refractivity contribution in [2.45, 2.75) is 46.7 Å². The summed E-state index contributed by atoms with van der Waals surface area (Å²) in [5, 5.41) is 16.8. The second-order valence-electron chi connectivity index (χ2n) is 9.34. The van der Waals surface area contributed by atoms with Crippen LogP contribution in [0.2, 0.25) is 0 Å². The lowest BCUT2D eigenvalue weighted by molar-refractivity contribution is -0.130. The van der Waals surface area contributed by atoms with Crippen molar-refractivity contribution in [3.05, 3.63) is 53.5 Å². The predicted molar refractivity (Wildman–Crippen MR) is 141 cm³/mol. The number of benzene rings is 1. The maximum Gasteiger partial charge on any atom is 0.228 e. The van der Waals surface area contributed by atoms with Crippen LogP contribution in [0.5, 0.6) is 0 Å². The Kier molecular flexibility index (Phi) is 7.14. The van der Waals surface area contributed by atoms with E-state index in [-0.39, 0.29) is 23.7 Å². The zero-order valence-electron chi connectivity index (χ0n) is 21.1. The van der Waals surface area contributed by atoms with E-state index in [2.05, 4.69) is 40.4 Å². The maximum atomic E-state index is 11.7.